The number of ether oxygens (including phenoxy) is 2. The van der Waals surface area contributed by atoms with Crippen LogP contribution in [0.2, 0.25) is 0 Å². The molecule has 4 heteroatoms. The molecule has 0 aliphatic rings. The number of allylic oxidation sites excluding steroid dienone is 1. The Kier molecular flexibility index (Phi) is 6.77. The van der Waals surface area contributed by atoms with Crippen LogP contribution in [0, 0.1) is 21.8 Å². The van der Waals surface area contributed by atoms with Crippen molar-refractivity contribution < 1.29 is 9.47 Å². The van der Waals surface area contributed by atoms with Crippen LogP contribution in [-0.2, 0) is 6.61 Å². The lowest BCUT2D eigenvalue weighted by atomic mass is 10.0. The van der Waals surface area contributed by atoms with Crippen LogP contribution in [0.4, 0.5) is 0 Å². The van der Waals surface area contributed by atoms with Crippen molar-refractivity contribution in [2.45, 2.75) is 13.5 Å². The van der Waals surface area contributed by atoms with E-state index in [0.29, 0.717) is 23.7 Å². The van der Waals surface area contributed by atoms with E-state index in [1.807, 2.05) is 67.6 Å². The molecule has 0 aliphatic carbocycles. The molecular formula is C28H22INO2. The van der Waals surface area contributed by atoms with Crippen molar-refractivity contribution in [3.8, 4) is 17.6 Å². The molecule has 4 aromatic rings. The largest absolute Gasteiger partial charge is 0.493 e. The van der Waals surface area contributed by atoms with Gasteiger partial charge in [-0.05, 0) is 75.2 Å². The van der Waals surface area contributed by atoms with Gasteiger partial charge in [0, 0.05) is 0 Å². The molecule has 0 N–H and O–H groups in total. The van der Waals surface area contributed by atoms with E-state index in [1.54, 1.807) is 7.11 Å². The Morgan fingerprint density at radius 2 is 1.75 bits per heavy atom. The summed E-state index contributed by atoms with van der Waals surface area (Å²) in [7, 11) is 1.63. The van der Waals surface area contributed by atoms with Gasteiger partial charge >= 0.3 is 0 Å². The number of hydrogen-bond acceptors (Lipinski definition) is 3. The molecule has 32 heavy (non-hydrogen) atoms. The first-order valence-electron chi connectivity index (χ1n) is 10.2. The zero-order valence-corrected chi connectivity index (χ0v) is 20.1. The Hall–Kier alpha value is -3.30. The summed E-state index contributed by atoms with van der Waals surface area (Å²) in [5.41, 5.74) is 4.67. The highest BCUT2D eigenvalue weighted by atomic mass is 127. The highest BCUT2D eigenvalue weighted by Gasteiger charge is 2.13. The number of hydrogen-bond donors (Lipinski definition) is 0. The average molecular weight is 531 g/mol. The van der Waals surface area contributed by atoms with Crippen molar-refractivity contribution in [2.75, 3.05) is 7.11 Å². The summed E-state index contributed by atoms with van der Waals surface area (Å²) in [5.74, 6) is 1.34. The quantitative estimate of drug-likeness (QED) is 0.148. The van der Waals surface area contributed by atoms with Gasteiger partial charge < -0.3 is 9.47 Å². The van der Waals surface area contributed by atoms with E-state index in [9.17, 15) is 5.26 Å². The zero-order valence-electron chi connectivity index (χ0n) is 17.9. The molecule has 0 amide bonds. The molecular weight excluding hydrogens is 509 g/mol. The molecule has 0 radical (unpaired) electrons. The van der Waals surface area contributed by atoms with Crippen molar-refractivity contribution in [1.82, 2.24) is 0 Å². The monoisotopic (exact) mass is 531 g/mol. The maximum absolute atomic E-state index is 9.68. The number of benzene rings is 4. The minimum absolute atomic E-state index is 0.440. The summed E-state index contributed by atoms with van der Waals surface area (Å²) < 4.78 is 12.8. The number of halogens is 1. The lowest BCUT2D eigenvalue weighted by Crippen LogP contribution is -2.01. The Balaban J connectivity index is 1.63. The minimum Gasteiger partial charge on any atom is -0.493 e. The predicted octanol–water partition coefficient (Wildman–Crippen LogP) is 7.40. The van der Waals surface area contributed by atoms with Gasteiger partial charge in [0.25, 0.3) is 0 Å². The van der Waals surface area contributed by atoms with Crippen molar-refractivity contribution in [2.24, 2.45) is 0 Å². The number of nitrogens with zero attached hydrogens (tertiary/aromatic N) is 1. The normalized spacial score (nSPS) is 11.2. The summed E-state index contributed by atoms with van der Waals surface area (Å²) >= 11 is 2.26. The number of fused-ring (bicyclic) bond motifs is 1. The molecule has 0 aliphatic heterocycles. The van der Waals surface area contributed by atoms with E-state index >= 15 is 0 Å². The summed E-state index contributed by atoms with van der Waals surface area (Å²) in [4.78, 5) is 0. The number of rotatable bonds is 6. The second kappa shape index (κ2) is 9.88. The van der Waals surface area contributed by atoms with Gasteiger partial charge in [-0.3, -0.25) is 0 Å². The number of nitriles is 1. The Bertz CT molecular complexity index is 1330. The molecule has 0 saturated heterocycles. The molecule has 3 nitrogen and oxygen atoms in total. The first-order valence-corrected chi connectivity index (χ1v) is 11.3. The molecule has 4 aromatic carbocycles. The molecule has 0 fully saturated rings. The van der Waals surface area contributed by atoms with Gasteiger partial charge in [0.1, 0.15) is 6.61 Å². The molecule has 4 rings (SSSR count). The van der Waals surface area contributed by atoms with Crippen molar-refractivity contribution >= 4 is 45.0 Å². The summed E-state index contributed by atoms with van der Waals surface area (Å²) in [6.07, 6.45) is 1.88. The molecule has 0 unspecified atom stereocenters. The van der Waals surface area contributed by atoms with E-state index in [-0.39, 0.29) is 0 Å². The summed E-state index contributed by atoms with van der Waals surface area (Å²) in [6, 6.07) is 28.7. The third kappa shape index (κ3) is 4.79. The fourth-order valence-electron chi connectivity index (χ4n) is 3.61. The minimum atomic E-state index is 0.440. The van der Waals surface area contributed by atoms with Crippen LogP contribution < -0.4 is 9.47 Å². The van der Waals surface area contributed by atoms with Gasteiger partial charge in [0.2, 0.25) is 0 Å². The van der Waals surface area contributed by atoms with E-state index < -0.39 is 0 Å². The van der Waals surface area contributed by atoms with Crippen LogP contribution in [-0.4, -0.2) is 7.11 Å². The first-order chi connectivity index (χ1) is 15.6. The standard InChI is InChI=1S/C28H22INO2/c1-19-10-12-21(13-11-19)24(17-30)14-20-15-26(29)28(27(16-20)31-2)32-18-23-8-5-7-22-6-3-4-9-25(22)23/h3-16H,18H2,1-2H3/b24-14-. The van der Waals surface area contributed by atoms with Crippen LogP contribution in [0.25, 0.3) is 22.4 Å². The molecule has 0 atom stereocenters. The molecule has 0 aromatic heterocycles. The van der Waals surface area contributed by atoms with E-state index in [1.165, 1.54) is 10.8 Å². The van der Waals surface area contributed by atoms with Crippen LogP contribution in [0.5, 0.6) is 11.5 Å². The van der Waals surface area contributed by atoms with Crippen LogP contribution in [0.1, 0.15) is 22.3 Å². The van der Waals surface area contributed by atoms with Gasteiger partial charge in [-0.25, -0.2) is 0 Å². The van der Waals surface area contributed by atoms with E-state index in [2.05, 4.69) is 52.9 Å². The van der Waals surface area contributed by atoms with Crippen molar-refractivity contribution in [1.29, 1.82) is 5.26 Å². The SMILES string of the molecule is COc1cc(/C=C(/C#N)c2ccc(C)cc2)cc(I)c1OCc1cccc2ccccc12. The van der Waals surface area contributed by atoms with Gasteiger partial charge in [-0.2, -0.15) is 5.26 Å². The lowest BCUT2D eigenvalue weighted by molar-refractivity contribution is 0.283. The summed E-state index contributed by atoms with van der Waals surface area (Å²) in [5, 5.41) is 12.1. The predicted molar refractivity (Wildman–Crippen MR) is 139 cm³/mol. The molecule has 0 saturated carbocycles. The van der Waals surface area contributed by atoms with Crippen molar-refractivity contribution in [3.63, 3.8) is 0 Å². The van der Waals surface area contributed by atoms with E-state index in [0.717, 1.165) is 25.8 Å². The third-order valence-electron chi connectivity index (χ3n) is 5.30. The highest BCUT2D eigenvalue weighted by molar-refractivity contribution is 14.1. The average Bonchev–Trinajstić information content (AvgIpc) is 2.82. The second-order valence-corrected chi connectivity index (χ2v) is 8.66. The van der Waals surface area contributed by atoms with Crippen LogP contribution in [0.15, 0.2) is 78.9 Å². The topological polar surface area (TPSA) is 42.2 Å². The second-order valence-electron chi connectivity index (χ2n) is 7.50. The van der Waals surface area contributed by atoms with Gasteiger partial charge in [0.05, 0.1) is 22.3 Å². The maximum Gasteiger partial charge on any atom is 0.174 e. The van der Waals surface area contributed by atoms with Gasteiger partial charge in [-0.15, -0.1) is 0 Å². The Labute approximate surface area is 202 Å². The van der Waals surface area contributed by atoms with Crippen LogP contribution in [0.3, 0.4) is 0 Å². The Morgan fingerprint density at radius 3 is 2.50 bits per heavy atom. The zero-order chi connectivity index (χ0) is 22.5. The fourth-order valence-corrected chi connectivity index (χ4v) is 4.39. The molecule has 158 valence electrons. The number of aryl methyl sites for hydroxylation is 1. The summed E-state index contributed by atoms with van der Waals surface area (Å²) in [6.45, 7) is 2.47. The number of methoxy groups -OCH3 is 1. The van der Waals surface area contributed by atoms with Crippen molar-refractivity contribution in [3.05, 3.63) is 105 Å². The third-order valence-corrected chi connectivity index (χ3v) is 6.10. The van der Waals surface area contributed by atoms with Gasteiger partial charge in [0.15, 0.2) is 11.5 Å². The van der Waals surface area contributed by atoms with Crippen LogP contribution >= 0.6 is 22.6 Å². The maximum atomic E-state index is 9.68. The molecule has 0 heterocycles. The molecule has 0 spiro atoms. The van der Waals surface area contributed by atoms with E-state index in [4.69, 9.17) is 9.47 Å². The smallest absolute Gasteiger partial charge is 0.174 e. The first kappa shape index (κ1) is 21.9. The lowest BCUT2D eigenvalue weighted by Gasteiger charge is -2.15. The highest BCUT2D eigenvalue weighted by Crippen LogP contribution is 2.36. The molecule has 0 bridgehead atoms. The fraction of sp³-hybridized carbons (Fsp3) is 0.107. The Morgan fingerprint density at radius 1 is 1.00 bits per heavy atom. The van der Waals surface area contributed by atoms with Gasteiger partial charge in [-0.1, -0.05) is 72.3 Å².